The van der Waals surface area contributed by atoms with Gasteiger partial charge in [0, 0.05) is 50.3 Å². The first-order valence-corrected chi connectivity index (χ1v) is 19.2. The summed E-state index contributed by atoms with van der Waals surface area (Å²) in [6.45, 7) is 0. The zero-order chi connectivity index (χ0) is 17.9. The standard InChI is InChI=1S/C17H19N3.3ClH.Zn/c1-19(2)14-7-5-12-9-13-6-8-15(20(3)4)11-17(13)18-16(12)10-14;;;;/h5-11H,1-4H3;3*1H;/q;;;;+2/p-3. The Hall–Kier alpha value is -0.797. The molecule has 0 atom stereocenters. The van der Waals surface area contributed by atoms with E-state index in [4.69, 9.17) is 34.1 Å². The molecule has 0 unspecified atom stereocenters. The SMILES string of the molecule is CN(C)c1ccc2cc3ccc(N(C)C)cc3nc2c1.[Cl][Zn-]([Cl])[Cl]. The fourth-order valence-electron chi connectivity index (χ4n) is 2.36. The Kier molecular flexibility index (Phi) is 6.94. The van der Waals surface area contributed by atoms with E-state index in [1.165, 1.54) is 22.1 Å². The first kappa shape index (κ1) is 19.5. The number of anilines is 2. The molecule has 126 valence electrons. The molecule has 0 bridgehead atoms. The molecule has 0 N–H and O–H groups in total. The van der Waals surface area contributed by atoms with E-state index in [1.807, 2.05) is 28.2 Å². The van der Waals surface area contributed by atoms with Crippen molar-refractivity contribution >= 4 is 62.3 Å². The minimum absolute atomic E-state index is 1.04. The van der Waals surface area contributed by atoms with Crippen molar-refractivity contribution in [1.82, 2.24) is 4.98 Å². The normalized spacial score (nSPS) is 10.3. The maximum absolute atomic E-state index is 5.01. The third kappa shape index (κ3) is 5.10. The summed E-state index contributed by atoms with van der Waals surface area (Å²) >= 11 is -2.21. The molecule has 3 rings (SSSR count). The molecule has 0 saturated heterocycles. The van der Waals surface area contributed by atoms with Gasteiger partial charge in [0.1, 0.15) is 0 Å². The molecule has 1 heterocycles. The molecule has 0 saturated carbocycles. The molecule has 2 aromatic carbocycles. The maximum atomic E-state index is 5.01. The van der Waals surface area contributed by atoms with Gasteiger partial charge < -0.3 is 9.80 Å². The average Bonchev–Trinajstić information content (AvgIpc) is 2.51. The second-order valence-corrected chi connectivity index (χ2v) is 19.7. The van der Waals surface area contributed by atoms with Crippen LogP contribution in [0.2, 0.25) is 0 Å². The van der Waals surface area contributed by atoms with Crippen molar-refractivity contribution in [3.63, 3.8) is 0 Å². The molecular formula is C17H19Cl3N3Zn-. The van der Waals surface area contributed by atoms with Crippen LogP contribution in [0, 0.1) is 0 Å². The topological polar surface area (TPSA) is 19.4 Å². The predicted octanol–water partition coefficient (Wildman–Crippen LogP) is 5.59. The van der Waals surface area contributed by atoms with E-state index in [-0.39, 0.29) is 0 Å². The van der Waals surface area contributed by atoms with Crippen molar-refractivity contribution in [1.29, 1.82) is 0 Å². The average molecular weight is 437 g/mol. The number of nitrogens with zero attached hydrogens (tertiary/aromatic N) is 3. The quantitative estimate of drug-likeness (QED) is 0.385. The Labute approximate surface area is 160 Å². The van der Waals surface area contributed by atoms with Crippen LogP contribution in [-0.4, -0.2) is 33.2 Å². The number of aromatic nitrogens is 1. The molecule has 0 amide bonds. The van der Waals surface area contributed by atoms with Crippen LogP contribution in [0.15, 0.2) is 42.5 Å². The Morgan fingerprint density at radius 2 is 1.08 bits per heavy atom. The number of pyridine rings is 1. The number of hydrogen-bond donors (Lipinski definition) is 0. The second-order valence-electron chi connectivity index (χ2n) is 5.83. The van der Waals surface area contributed by atoms with Crippen LogP contribution in [0.25, 0.3) is 21.8 Å². The molecule has 24 heavy (non-hydrogen) atoms. The van der Waals surface area contributed by atoms with Crippen LogP contribution in [-0.2, 0) is 13.0 Å². The van der Waals surface area contributed by atoms with E-state index in [2.05, 4.69) is 52.3 Å². The monoisotopic (exact) mass is 434 g/mol. The summed E-state index contributed by atoms with van der Waals surface area (Å²) in [7, 11) is 23.2. The van der Waals surface area contributed by atoms with E-state index in [0.29, 0.717) is 0 Å². The van der Waals surface area contributed by atoms with Crippen molar-refractivity contribution in [2.45, 2.75) is 0 Å². The zero-order valence-electron chi connectivity index (χ0n) is 14.2. The summed E-state index contributed by atoms with van der Waals surface area (Å²) in [5, 5.41) is 2.36. The summed E-state index contributed by atoms with van der Waals surface area (Å²) in [5.41, 5.74) is 4.43. The summed E-state index contributed by atoms with van der Waals surface area (Å²) in [5.74, 6) is 0. The van der Waals surface area contributed by atoms with Crippen LogP contribution in [0.5, 0.6) is 0 Å². The Morgan fingerprint density at radius 3 is 1.42 bits per heavy atom. The molecule has 0 aliphatic carbocycles. The van der Waals surface area contributed by atoms with Gasteiger partial charge >= 0.3 is 42.1 Å². The van der Waals surface area contributed by atoms with Crippen LogP contribution in [0.4, 0.5) is 11.4 Å². The summed E-state index contributed by atoms with van der Waals surface area (Å²) in [6.07, 6.45) is 0. The second kappa shape index (κ2) is 8.53. The predicted molar refractivity (Wildman–Crippen MR) is 105 cm³/mol. The van der Waals surface area contributed by atoms with Crippen molar-refractivity contribution in [3.8, 4) is 0 Å². The van der Waals surface area contributed by atoms with Crippen LogP contribution < -0.4 is 9.80 Å². The molecule has 0 aliphatic heterocycles. The van der Waals surface area contributed by atoms with Crippen LogP contribution in [0.1, 0.15) is 0 Å². The van der Waals surface area contributed by atoms with E-state index in [0.717, 1.165) is 11.0 Å². The first-order chi connectivity index (χ1) is 11.3. The van der Waals surface area contributed by atoms with E-state index in [1.54, 1.807) is 0 Å². The van der Waals surface area contributed by atoms with Crippen molar-refractivity contribution in [2.75, 3.05) is 38.0 Å². The van der Waals surface area contributed by atoms with Gasteiger partial charge in [-0.15, -0.1) is 0 Å². The Balaban J connectivity index is 0.000000471. The first-order valence-electron chi connectivity index (χ1n) is 7.54. The van der Waals surface area contributed by atoms with E-state index in [9.17, 15) is 0 Å². The van der Waals surface area contributed by atoms with Gasteiger partial charge in [0.05, 0.1) is 11.0 Å². The molecule has 0 aliphatic rings. The Bertz CT molecular complexity index is 772. The minimum atomic E-state index is -2.21. The van der Waals surface area contributed by atoms with E-state index >= 15 is 0 Å². The van der Waals surface area contributed by atoms with Crippen molar-refractivity contribution in [2.24, 2.45) is 0 Å². The third-order valence-corrected chi connectivity index (χ3v) is 3.61. The van der Waals surface area contributed by atoms with Crippen LogP contribution >= 0.6 is 29.1 Å². The molecule has 3 aromatic rings. The summed E-state index contributed by atoms with van der Waals surface area (Å²) < 4.78 is 0. The fraction of sp³-hybridized carbons (Fsp3) is 0.235. The van der Waals surface area contributed by atoms with Gasteiger partial charge in [-0.05, 0) is 30.3 Å². The van der Waals surface area contributed by atoms with Gasteiger partial charge in [0.15, 0.2) is 0 Å². The van der Waals surface area contributed by atoms with Gasteiger partial charge in [-0.1, -0.05) is 12.1 Å². The summed E-state index contributed by atoms with van der Waals surface area (Å²) in [4.78, 5) is 9.01. The number of halogens is 3. The molecular weight excluding hydrogens is 418 g/mol. The molecule has 0 spiro atoms. The van der Waals surface area contributed by atoms with Gasteiger partial charge in [-0.3, -0.25) is 0 Å². The molecule has 3 nitrogen and oxygen atoms in total. The molecule has 1 aromatic heterocycles. The van der Waals surface area contributed by atoms with Gasteiger partial charge in [0.25, 0.3) is 0 Å². The molecule has 7 heteroatoms. The van der Waals surface area contributed by atoms with Crippen molar-refractivity contribution in [3.05, 3.63) is 42.5 Å². The van der Waals surface area contributed by atoms with Gasteiger partial charge in [-0.2, -0.15) is 0 Å². The fourth-order valence-corrected chi connectivity index (χ4v) is 2.36. The molecule has 0 radical (unpaired) electrons. The third-order valence-electron chi connectivity index (χ3n) is 3.61. The van der Waals surface area contributed by atoms with Crippen LogP contribution in [0.3, 0.4) is 0 Å². The number of fused-ring (bicyclic) bond motifs is 2. The Morgan fingerprint density at radius 1 is 0.708 bits per heavy atom. The van der Waals surface area contributed by atoms with Gasteiger partial charge in [-0.25, -0.2) is 4.98 Å². The number of hydrogen-bond acceptors (Lipinski definition) is 3. The molecule has 0 fully saturated rings. The number of rotatable bonds is 2. The number of benzene rings is 2. The van der Waals surface area contributed by atoms with Crippen molar-refractivity contribution < 1.29 is 13.0 Å². The van der Waals surface area contributed by atoms with E-state index < -0.39 is 13.0 Å². The summed E-state index contributed by atoms with van der Waals surface area (Å²) in [6, 6.07) is 15.0. The zero-order valence-corrected chi connectivity index (χ0v) is 19.5. The van der Waals surface area contributed by atoms with Gasteiger partial charge in [0.2, 0.25) is 0 Å².